The molecule has 158 valence electrons. The summed E-state index contributed by atoms with van der Waals surface area (Å²) in [6.07, 6.45) is 5.48. The number of imidazole rings is 1. The smallest absolute Gasteiger partial charge is 0.238 e. The first kappa shape index (κ1) is 19.1. The maximum atomic E-state index is 14.6. The van der Waals surface area contributed by atoms with Crippen LogP contribution in [0, 0.1) is 12.7 Å². The van der Waals surface area contributed by atoms with Gasteiger partial charge in [0.05, 0.1) is 18.7 Å². The van der Waals surface area contributed by atoms with Gasteiger partial charge in [-0.1, -0.05) is 11.2 Å². The van der Waals surface area contributed by atoms with Crippen LogP contribution < -0.4 is 10.1 Å². The van der Waals surface area contributed by atoms with E-state index in [1.807, 2.05) is 53.7 Å². The van der Waals surface area contributed by atoms with Crippen molar-refractivity contribution >= 4 is 16.7 Å². The largest absolute Gasteiger partial charge is 0.479 e. The molecule has 5 rings (SSSR count). The van der Waals surface area contributed by atoms with Crippen LogP contribution in [0.1, 0.15) is 23.1 Å². The lowest BCUT2D eigenvalue weighted by molar-refractivity contribution is 0.109. The van der Waals surface area contributed by atoms with E-state index < -0.39 is 0 Å². The van der Waals surface area contributed by atoms with Crippen LogP contribution in [0.15, 0.2) is 54.1 Å². The van der Waals surface area contributed by atoms with Crippen LogP contribution in [0.2, 0.25) is 0 Å². The first-order chi connectivity index (χ1) is 15.1. The van der Waals surface area contributed by atoms with Gasteiger partial charge in [-0.3, -0.25) is 4.57 Å². The van der Waals surface area contributed by atoms with Crippen LogP contribution >= 0.6 is 0 Å². The van der Waals surface area contributed by atoms with Gasteiger partial charge in [0.1, 0.15) is 29.6 Å². The lowest BCUT2D eigenvalue weighted by atomic mass is 10.1. The molecule has 0 fully saturated rings. The van der Waals surface area contributed by atoms with Gasteiger partial charge in [-0.05, 0) is 31.2 Å². The van der Waals surface area contributed by atoms with Crippen LogP contribution in [0.5, 0.6) is 5.88 Å². The molecule has 4 heterocycles. The van der Waals surface area contributed by atoms with E-state index in [2.05, 4.69) is 20.4 Å². The second-order valence-electron chi connectivity index (χ2n) is 7.33. The molecule has 9 heteroatoms. The highest BCUT2D eigenvalue weighted by atomic mass is 19.1. The molecule has 1 N–H and O–H groups in total. The molecule has 0 saturated heterocycles. The number of benzene rings is 1. The molecule has 4 aromatic rings. The molecule has 1 aliphatic heterocycles. The molecule has 1 unspecified atom stereocenters. The first-order valence-electron chi connectivity index (χ1n) is 9.82. The monoisotopic (exact) mass is 420 g/mol. The average Bonchev–Trinajstić information content (AvgIpc) is 3.37. The number of aryl methyl sites for hydroxylation is 2. The zero-order valence-electron chi connectivity index (χ0n) is 17.3. The van der Waals surface area contributed by atoms with Gasteiger partial charge < -0.3 is 19.5 Å². The van der Waals surface area contributed by atoms with Crippen molar-refractivity contribution in [3.63, 3.8) is 0 Å². The molecule has 31 heavy (non-hydrogen) atoms. The van der Waals surface area contributed by atoms with E-state index in [4.69, 9.17) is 9.57 Å². The molecule has 3 aromatic heterocycles. The van der Waals surface area contributed by atoms with E-state index in [1.54, 1.807) is 19.4 Å². The van der Waals surface area contributed by atoms with Crippen molar-refractivity contribution in [1.29, 1.82) is 0 Å². The number of aromatic nitrogens is 4. The minimum atomic E-state index is -0.281. The predicted octanol–water partition coefficient (Wildman–Crippen LogP) is 3.24. The van der Waals surface area contributed by atoms with Crippen molar-refractivity contribution in [2.45, 2.75) is 13.0 Å². The lowest BCUT2D eigenvalue weighted by Gasteiger charge is -2.24. The van der Waals surface area contributed by atoms with Gasteiger partial charge in [-0.2, -0.15) is 0 Å². The molecule has 1 aliphatic rings. The predicted molar refractivity (Wildman–Crippen MR) is 114 cm³/mol. The van der Waals surface area contributed by atoms with E-state index in [0.29, 0.717) is 22.8 Å². The highest BCUT2D eigenvalue weighted by molar-refractivity contribution is 5.98. The Balaban J connectivity index is 1.49. The summed E-state index contributed by atoms with van der Waals surface area (Å²) < 4.78 is 23.9. The number of fused-ring (bicyclic) bond motifs is 1. The van der Waals surface area contributed by atoms with E-state index in [9.17, 15) is 4.39 Å². The number of methoxy groups -OCH3 is 1. The van der Waals surface area contributed by atoms with Crippen molar-refractivity contribution in [3.05, 3.63) is 71.8 Å². The van der Waals surface area contributed by atoms with Crippen molar-refractivity contribution in [2.75, 3.05) is 13.7 Å². The lowest BCUT2D eigenvalue weighted by Crippen LogP contribution is -2.36. The third-order valence-corrected chi connectivity index (χ3v) is 5.44. The fourth-order valence-corrected chi connectivity index (χ4v) is 3.93. The van der Waals surface area contributed by atoms with Crippen LogP contribution in [0.4, 0.5) is 4.39 Å². The molecule has 1 aromatic carbocycles. The fraction of sp³-hybridized carbons (Fsp3) is 0.227. The molecule has 0 amide bonds. The van der Waals surface area contributed by atoms with E-state index >= 15 is 0 Å². The Morgan fingerprint density at radius 1 is 1.26 bits per heavy atom. The Labute approximate surface area is 177 Å². The third-order valence-electron chi connectivity index (χ3n) is 5.44. The van der Waals surface area contributed by atoms with E-state index in [0.717, 1.165) is 22.6 Å². The Bertz CT molecular complexity index is 1310. The zero-order valence-corrected chi connectivity index (χ0v) is 17.3. The number of hydrogen-bond donors (Lipinski definition) is 1. The topological polar surface area (TPSA) is 78.5 Å². The Morgan fingerprint density at radius 3 is 2.90 bits per heavy atom. The van der Waals surface area contributed by atoms with Crippen molar-refractivity contribution in [1.82, 2.24) is 24.4 Å². The number of pyridine rings is 1. The van der Waals surface area contributed by atoms with Crippen molar-refractivity contribution in [3.8, 4) is 11.6 Å². The summed E-state index contributed by atoms with van der Waals surface area (Å²) in [6, 6.07) is 8.51. The molecule has 0 radical (unpaired) electrons. The van der Waals surface area contributed by atoms with Crippen molar-refractivity contribution < 1.29 is 14.0 Å². The maximum Gasteiger partial charge on any atom is 0.238 e. The van der Waals surface area contributed by atoms with Gasteiger partial charge in [0, 0.05) is 36.6 Å². The molecule has 0 bridgehead atoms. The van der Waals surface area contributed by atoms with Crippen molar-refractivity contribution in [2.24, 2.45) is 12.2 Å². The third kappa shape index (κ3) is 3.18. The minimum absolute atomic E-state index is 0.265. The number of halogens is 1. The zero-order chi connectivity index (χ0) is 21.5. The molecular formula is C22H21FN6O2. The summed E-state index contributed by atoms with van der Waals surface area (Å²) in [5.41, 5.74) is 2.95. The standard InChI is InChI=1S/C22H21FN6O2/c1-13-24-9-10-29(13)19-8-7-16(26-22(19)30-3)21-25-17(12-31-27-21)14-11-28(2)18-6-4-5-15(23)20(14)18/h4-11,17H,12H2,1-3H3,(H,25,27). The number of oxime groups is 1. The Hall–Kier alpha value is -3.88. The quantitative estimate of drug-likeness (QED) is 0.548. The summed E-state index contributed by atoms with van der Waals surface area (Å²) in [5, 5.41) is 8.05. The fourth-order valence-electron chi connectivity index (χ4n) is 3.93. The first-order valence-corrected chi connectivity index (χ1v) is 9.82. The summed E-state index contributed by atoms with van der Waals surface area (Å²) in [5.74, 6) is 1.44. The summed E-state index contributed by atoms with van der Waals surface area (Å²) in [7, 11) is 3.46. The molecular weight excluding hydrogens is 399 g/mol. The van der Waals surface area contributed by atoms with Gasteiger partial charge in [-0.15, -0.1) is 0 Å². The summed E-state index contributed by atoms with van der Waals surface area (Å²) in [6.45, 7) is 2.18. The second kappa shape index (κ2) is 7.42. The van der Waals surface area contributed by atoms with Gasteiger partial charge in [-0.25, -0.2) is 14.4 Å². The number of amidine groups is 1. The van der Waals surface area contributed by atoms with Crippen LogP contribution in [-0.2, 0) is 11.9 Å². The Kier molecular flexibility index (Phi) is 4.58. The highest BCUT2D eigenvalue weighted by Gasteiger charge is 2.26. The van der Waals surface area contributed by atoms with Gasteiger partial charge in [0.25, 0.3) is 0 Å². The number of nitrogens with one attached hydrogen (secondary N) is 1. The van der Waals surface area contributed by atoms with Crippen LogP contribution in [-0.4, -0.2) is 38.7 Å². The molecule has 0 saturated carbocycles. The maximum absolute atomic E-state index is 14.6. The van der Waals surface area contributed by atoms with E-state index in [-0.39, 0.29) is 18.5 Å². The SMILES string of the molecule is COc1nc(C2=NOCC(c3cn(C)c4cccc(F)c34)N2)ccc1-n1ccnc1C. The number of nitrogens with zero attached hydrogens (tertiary/aromatic N) is 5. The normalized spacial score (nSPS) is 16.0. The molecule has 0 spiro atoms. The Morgan fingerprint density at radius 2 is 2.13 bits per heavy atom. The summed E-state index contributed by atoms with van der Waals surface area (Å²) >= 11 is 0. The molecule has 8 nitrogen and oxygen atoms in total. The highest BCUT2D eigenvalue weighted by Crippen LogP contribution is 2.30. The number of hydrogen-bond acceptors (Lipinski definition) is 6. The van der Waals surface area contributed by atoms with Crippen LogP contribution in [0.3, 0.4) is 0 Å². The second-order valence-corrected chi connectivity index (χ2v) is 7.33. The van der Waals surface area contributed by atoms with Gasteiger partial charge in [0.2, 0.25) is 5.88 Å². The average molecular weight is 420 g/mol. The molecule has 0 aliphatic carbocycles. The minimum Gasteiger partial charge on any atom is -0.479 e. The van der Waals surface area contributed by atoms with E-state index in [1.165, 1.54) is 6.07 Å². The number of rotatable bonds is 4. The van der Waals surface area contributed by atoms with Gasteiger partial charge in [0.15, 0.2) is 5.84 Å². The number of ether oxygens (including phenoxy) is 1. The summed E-state index contributed by atoms with van der Waals surface area (Å²) in [4.78, 5) is 14.3. The molecule has 1 atom stereocenters. The van der Waals surface area contributed by atoms with Crippen LogP contribution in [0.25, 0.3) is 16.6 Å². The van der Waals surface area contributed by atoms with Gasteiger partial charge >= 0.3 is 0 Å².